The number of rotatable bonds is 4. The Morgan fingerprint density at radius 3 is 2.63 bits per heavy atom. The maximum atomic E-state index is 12.1. The van der Waals surface area contributed by atoms with Crippen LogP contribution in [0.15, 0.2) is 40.8 Å². The number of anilines is 1. The summed E-state index contributed by atoms with van der Waals surface area (Å²) in [5, 5.41) is 2.96. The van der Waals surface area contributed by atoms with Gasteiger partial charge in [-0.2, -0.15) is 0 Å². The molecule has 0 saturated heterocycles. The third kappa shape index (κ3) is 4.66. The minimum Gasteiger partial charge on any atom is -0.454 e. The van der Waals surface area contributed by atoms with Gasteiger partial charge in [0.2, 0.25) is 0 Å². The van der Waals surface area contributed by atoms with E-state index in [-0.39, 0.29) is 5.75 Å². The van der Waals surface area contributed by atoms with Crippen LogP contribution in [0.3, 0.4) is 0 Å². The van der Waals surface area contributed by atoms with Gasteiger partial charge < -0.3 is 14.5 Å². The first-order chi connectivity index (χ1) is 8.92. The number of nitrogens with one attached hydrogen (secondary N) is 1. The normalized spacial score (nSPS) is 11.4. The van der Waals surface area contributed by atoms with E-state index in [1.807, 2.05) is 22.6 Å². The number of alkyl halides is 3. The summed E-state index contributed by atoms with van der Waals surface area (Å²) in [6, 6.07) is 9.26. The van der Waals surface area contributed by atoms with Crippen LogP contribution in [-0.2, 0) is 6.54 Å². The van der Waals surface area contributed by atoms with E-state index in [0.29, 0.717) is 18.0 Å². The van der Waals surface area contributed by atoms with Crippen LogP contribution in [0, 0.1) is 3.77 Å². The number of hydrogen-bond acceptors (Lipinski definition) is 3. The Morgan fingerprint density at radius 1 is 1.21 bits per heavy atom. The van der Waals surface area contributed by atoms with Crippen molar-refractivity contribution in [1.82, 2.24) is 0 Å². The zero-order valence-corrected chi connectivity index (χ0v) is 11.7. The average molecular weight is 383 g/mol. The molecule has 1 N–H and O–H groups in total. The molecule has 0 atom stereocenters. The Morgan fingerprint density at radius 2 is 2.00 bits per heavy atom. The van der Waals surface area contributed by atoms with E-state index in [2.05, 4.69) is 10.1 Å². The highest BCUT2D eigenvalue weighted by Crippen LogP contribution is 2.25. The summed E-state index contributed by atoms with van der Waals surface area (Å²) in [7, 11) is 0. The predicted octanol–water partition coefficient (Wildman–Crippen LogP) is 4.39. The van der Waals surface area contributed by atoms with Crippen LogP contribution in [0.25, 0.3) is 0 Å². The molecule has 2 rings (SSSR count). The summed E-state index contributed by atoms with van der Waals surface area (Å²) in [5.41, 5.74) is 0.521. The lowest BCUT2D eigenvalue weighted by atomic mass is 10.3. The number of ether oxygens (including phenoxy) is 1. The fraction of sp³-hybridized carbons (Fsp3) is 0.167. The summed E-state index contributed by atoms with van der Waals surface area (Å²) in [6.45, 7) is 0.387. The van der Waals surface area contributed by atoms with E-state index in [4.69, 9.17) is 4.42 Å². The standard InChI is InChI=1S/C12H9F3INO2/c13-12(14,15)19-9-3-1-2-8(6-9)17-7-10-4-5-11(16)18-10/h1-6,17H,7H2. The average Bonchev–Trinajstić information content (AvgIpc) is 2.71. The van der Waals surface area contributed by atoms with Gasteiger partial charge in [0, 0.05) is 11.8 Å². The molecule has 0 saturated carbocycles. The molecule has 102 valence electrons. The lowest BCUT2D eigenvalue weighted by Crippen LogP contribution is -2.17. The van der Waals surface area contributed by atoms with E-state index < -0.39 is 6.36 Å². The van der Waals surface area contributed by atoms with Crippen molar-refractivity contribution in [2.45, 2.75) is 12.9 Å². The van der Waals surface area contributed by atoms with Gasteiger partial charge in [-0.05, 0) is 46.9 Å². The monoisotopic (exact) mass is 383 g/mol. The molecule has 0 spiro atoms. The highest BCUT2D eigenvalue weighted by atomic mass is 127. The molecule has 2 aromatic rings. The van der Waals surface area contributed by atoms with Gasteiger partial charge in [0.25, 0.3) is 0 Å². The molecule has 1 aromatic heterocycles. The molecule has 0 aliphatic heterocycles. The molecule has 1 heterocycles. The molecule has 0 radical (unpaired) electrons. The number of hydrogen-bond donors (Lipinski definition) is 1. The van der Waals surface area contributed by atoms with Crippen molar-refractivity contribution in [1.29, 1.82) is 0 Å². The lowest BCUT2D eigenvalue weighted by Gasteiger charge is -2.10. The van der Waals surface area contributed by atoms with Gasteiger partial charge in [-0.15, -0.1) is 13.2 Å². The van der Waals surface area contributed by atoms with E-state index in [1.165, 1.54) is 18.2 Å². The van der Waals surface area contributed by atoms with Crippen LogP contribution in [0.2, 0.25) is 0 Å². The van der Waals surface area contributed by atoms with Gasteiger partial charge in [0.15, 0.2) is 3.77 Å². The molecule has 3 nitrogen and oxygen atoms in total. The second kappa shape index (κ2) is 5.72. The summed E-state index contributed by atoms with van der Waals surface area (Å²) >= 11 is 2.04. The third-order valence-corrected chi connectivity index (χ3v) is 2.74. The number of furan rings is 1. The van der Waals surface area contributed by atoms with Crippen molar-refractivity contribution in [3.8, 4) is 5.75 Å². The van der Waals surface area contributed by atoms with Gasteiger partial charge in [0.1, 0.15) is 11.5 Å². The zero-order valence-electron chi connectivity index (χ0n) is 9.50. The zero-order chi connectivity index (χ0) is 13.9. The highest BCUT2D eigenvalue weighted by Gasteiger charge is 2.31. The summed E-state index contributed by atoms with van der Waals surface area (Å²) in [6.07, 6.45) is -4.68. The maximum absolute atomic E-state index is 12.1. The molecule has 7 heteroatoms. The quantitative estimate of drug-likeness (QED) is 0.796. The van der Waals surface area contributed by atoms with Crippen LogP contribution in [0.1, 0.15) is 5.76 Å². The molecule has 19 heavy (non-hydrogen) atoms. The van der Waals surface area contributed by atoms with E-state index >= 15 is 0 Å². The molecule has 0 unspecified atom stereocenters. The fourth-order valence-corrected chi connectivity index (χ4v) is 1.90. The van der Waals surface area contributed by atoms with Crippen LogP contribution >= 0.6 is 22.6 Å². The van der Waals surface area contributed by atoms with Crippen molar-refractivity contribution in [3.05, 3.63) is 45.9 Å². The van der Waals surface area contributed by atoms with E-state index in [0.717, 1.165) is 3.77 Å². The van der Waals surface area contributed by atoms with E-state index in [9.17, 15) is 13.2 Å². The predicted molar refractivity (Wildman–Crippen MR) is 71.9 cm³/mol. The second-order valence-electron chi connectivity index (χ2n) is 3.64. The first-order valence-corrected chi connectivity index (χ1v) is 6.34. The van der Waals surface area contributed by atoms with Crippen molar-refractivity contribution >= 4 is 28.3 Å². The summed E-state index contributed by atoms with van der Waals surface area (Å²) in [4.78, 5) is 0. The minimum absolute atomic E-state index is 0.258. The SMILES string of the molecule is FC(F)(F)Oc1cccc(NCc2ccc(I)o2)c1. The van der Waals surface area contributed by atoms with Crippen molar-refractivity contribution in [2.75, 3.05) is 5.32 Å². The number of benzene rings is 1. The van der Waals surface area contributed by atoms with Crippen molar-refractivity contribution in [3.63, 3.8) is 0 Å². The largest absolute Gasteiger partial charge is 0.573 e. The molecule has 0 fully saturated rings. The maximum Gasteiger partial charge on any atom is 0.573 e. The highest BCUT2D eigenvalue weighted by molar-refractivity contribution is 14.1. The molecule has 0 aliphatic carbocycles. The Hall–Kier alpha value is -1.38. The molecule has 0 bridgehead atoms. The van der Waals surface area contributed by atoms with Gasteiger partial charge in [-0.3, -0.25) is 0 Å². The van der Waals surface area contributed by atoms with Crippen LogP contribution in [0.5, 0.6) is 5.75 Å². The van der Waals surface area contributed by atoms with Crippen LogP contribution in [0.4, 0.5) is 18.9 Å². The molecular formula is C12H9F3INO2. The topological polar surface area (TPSA) is 34.4 Å². The molecule has 1 aromatic carbocycles. The Balaban J connectivity index is 1.99. The summed E-state index contributed by atoms with van der Waals surface area (Å²) < 4.78 is 46.1. The smallest absolute Gasteiger partial charge is 0.454 e. The Bertz CT molecular complexity index is 554. The van der Waals surface area contributed by atoms with Gasteiger partial charge in [0.05, 0.1) is 6.54 Å². The van der Waals surface area contributed by atoms with Gasteiger partial charge in [-0.1, -0.05) is 6.07 Å². The first-order valence-electron chi connectivity index (χ1n) is 5.26. The Labute approximate surface area is 120 Å². The molecular weight excluding hydrogens is 374 g/mol. The minimum atomic E-state index is -4.68. The molecule has 0 amide bonds. The van der Waals surface area contributed by atoms with Gasteiger partial charge in [-0.25, -0.2) is 0 Å². The van der Waals surface area contributed by atoms with Crippen molar-refractivity contribution < 1.29 is 22.3 Å². The van der Waals surface area contributed by atoms with Crippen molar-refractivity contribution in [2.24, 2.45) is 0 Å². The third-order valence-electron chi connectivity index (χ3n) is 2.16. The number of halogens is 4. The van der Waals surface area contributed by atoms with E-state index in [1.54, 1.807) is 18.2 Å². The van der Waals surface area contributed by atoms with Crippen LogP contribution in [-0.4, -0.2) is 6.36 Å². The van der Waals surface area contributed by atoms with Gasteiger partial charge >= 0.3 is 6.36 Å². The first kappa shape index (κ1) is 14.0. The second-order valence-corrected chi connectivity index (χ2v) is 4.70. The Kier molecular flexibility index (Phi) is 4.23. The summed E-state index contributed by atoms with van der Waals surface area (Å²) in [5.74, 6) is 0.443. The van der Waals surface area contributed by atoms with Crippen LogP contribution < -0.4 is 10.1 Å². The fourth-order valence-electron chi connectivity index (χ4n) is 1.44. The lowest BCUT2D eigenvalue weighted by molar-refractivity contribution is -0.274. The molecule has 0 aliphatic rings.